The van der Waals surface area contributed by atoms with Crippen LogP contribution in [-0.2, 0) is 0 Å². The van der Waals surface area contributed by atoms with E-state index in [9.17, 15) is 9.90 Å². The first-order valence-corrected chi connectivity index (χ1v) is 8.68. The molecule has 1 saturated carbocycles. The maximum atomic E-state index is 12.1. The molecule has 2 amide bonds. The highest BCUT2D eigenvalue weighted by atomic mass is 32.1. The molecule has 23 heavy (non-hydrogen) atoms. The number of nitrogens with one attached hydrogen (secondary N) is 2. The Kier molecular flexibility index (Phi) is 5.19. The highest BCUT2D eigenvalue weighted by molar-refractivity contribution is 7.14. The van der Waals surface area contributed by atoms with Crippen LogP contribution in [0, 0.1) is 5.92 Å². The molecule has 1 aliphatic rings. The highest BCUT2D eigenvalue weighted by Crippen LogP contribution is 2.25. The van der Waals surface area contributed by atoms with Gasteiger partial charge in [0.1, 0.15) is 0 Å². The van der Waals surface area contributed by atoms with E-state index in [4.69, 9.17) is 0 Å². The number of hydrogen-bond donors (Lipinski definition) is 3. The van der Waals surface area contributed by atoms with Crippen molar-refractivity contribution >= 4 is 22.5 Å². The lowest BCUT2D eigenvalue weighted by molar-refractivity contribution is 0.156. The number of rotatable bonds is 4. The Labute approximate surface area is 139 Å². The molecule has 0 radical (unpaired) electrons. The molecule has 2 atom stereocenters. The number of carbonyl (C=O) groups is 1. The molecule has 2 aromatic heterocycles. The second-order valence-electron chi connectivity index (χ2n) is 5.71. The monoisotopic (exact) mass is 332 g/mol. The van der Waals surface area contributed by atoms with Crippen molar-refractivity contribution < 1.29 is 9.90 Å². The van der Waals surface area contributed by atoms with Gasteiger partial charge in [-0.05, 0) is 25.0 Å². The van der Waals surface area contributed by atoms with Crippen molar-refractivity contribution in [3.63, 3.8) is 0 Å². The standard InChI is InChI=1S/C16H20N4O2S/c21-9-12-4-1-2-6-13(12)18-15(22)20-16-19-14(10-23-16)11-5-3-7-17-8-11/h3,5,7-8,10,12-13,21H,1-2,4,6,9H2,(H2,18,19,20,22)/t12-,13+/m0/s1. The SMILES string of the molecule is O=C(Nc1nc(-c2cccnc2)cs1)N[C@@H]1CCCC[C@H]1CO. The van der Waals surface area contributed by atoms with Crippen molar-refractivity contribution in [3.05, 3.63) is 29.9 Å². The predicted molar refractivity (Wildman–Crippen MR) is 90.3 cm³/mol. The van der Waals surface area contributed by atoms with Crippen molar-refractivity contribution in [3.8, 4) is 11.3 Å². The Bertz CT molecular complexity index is 647. The smallest absolute Gasteiger partial charge is 0.321 e. The second kappa shape index (κ2) is 7.52. The van der Waals surface area contributed by atoms with Crippen molar-refractivity contribution in [1.29, 1.82) is 0 Å². The minimum atomic E-state index is -0.262. The van der Waals surface area contributed by atoms with Gasteiger partial charge in [0.25, 0.3) is 0 Å². The summed E-state index contributed by atoms with van der Waals surface area (Å²) in [5.74, 6) is 0.150. The Balaban J connectivity index is 1.59. The Morgan fingerprint density at radius 2 is 2.26 bits per heavy atom. The van der Waals surface area contributed by atoms with Gasteiger partial charge in [-0.15, -0.1) is 11.3 Å². The fourth-order valence-corrected chi connectivity index (χ4v) is 3.61. The summed E-state index contributed by atoms with van der Waals surface area (Å²) in [6, 6.07) is 3.56. The van der Waals surface area contributed by atoms with Gasteiger partial charge < -0.3 is 10.4 Å². The van der Waals surface area contributed by atoms with Crippen LogP contribution in [0.5, 0.6) is 0 Å². The summed E-state index contributed by atoms with van der Waals surface area (Å²) in [4.78, 5) is 20.6. The lowest BCUT2D eigenvalue weighted by Gasteiger charge is -2.30. The molecule has 1 fully saturated rings. The summed E-state index contributed by atoms with van der Waals surface area (Å²) < 4.78 is 0. The minimum absolute atomic E-state index is 0.0338. The number of aliphatic hydroxyl groups excluding tert-OH is 1. The summed E-state index contributed by atoms with van der Waals surface area (Å²) in [6.45, 7) is 0.118. The van der Waals surface area contributed by atoms with E-state index < -0.39 is 0 Å². The lowest BCUT2D eigenvalue weighted by atomic mass is 9.85. The molecule has 0 aromatic carbocycles. The molecule has 0 unspecified atom stereocenters. The fourth-order valence-electron chi connectivity index (χ4n) is 2.90. The van der Waals surface area contributed by atoms with Gasteiger partial charge in [-0.1, -0.05) is 12.8 Å². The number of hydrogen-bond acceptors (Lipinski definition) is 5. The molecule has 6 nitrogen and oxygen atoms in total. The number of nitrogens with zero attached hydrogens (tertiary/aromatic N) is 2. The van der Waals surface area contributed by atoms with Crippen molar-refractivity contribution in [1.82, 2.24) is 15.3 Å². The first-order chi connectivity index (χ1) is 11.3. The van der Waals surface area contributed by atoms with Crippen LogP contribution in [0.4, 0.5) is 9.93 Å². The average molecular weight is 332 g/mol. The van der Waals surface area contributed by atoms with Crippen LogP contribution in [0.25, 0.3) is 11.3 Å². The van der Waals surface area contributed by atoms with E-state index in [1.165, 1.54) is 11.3 Å². The molecular weight excluding hydrogens is 312 g/mol. The zero-order valence-corrected chi connectivity index (χ0v) is 13.6. The van der Waals surface area contributed by atoms with Crippen molar-refractivity contribution in [2.24, 2.45) is 5.92 Å². The Hall–Kier alpha value is -1.99. The summed E-state index contributed by atoms with van der Waals surface area (Å²) in [6.07, 6.45) is 7.54. The van der Waals surface area contributed by atoms with Crippen LogP contribution in [0.1, 0.15) is 25.7 Å². The van der Waals surface area contributed by atoms with E-state index in [0.29, 0.717) is 5.13 Å². The van der Waals surface area contributed by atoms with Crippen LogP contribution in [-0.4, -0.2) is 33.8 Å². The zero-order valence-electron chi connectivity index (χ0n) is 12.7. The third kappa shape index (κ3) is 4.05. The summed E-state index contributed by atoms with van der Waals surface area (Å²) >= 11 is 1.38. The van der Waals surface area contributed by atoms with Gasteiger partial charge in [-0.25, -0.2) is 9.78 Å². The third-order valence-corrected chi connectivity index (χ3v) is 4.90. The van der Waals surface area contributed by atoms with E-state index in [-0.39, 0.29) is 24.6 Å². The number of anilines is 1. The van der Waals surface area contributed by atoms with E-state index >= 15 is 0 Å². The molecule has 0 bridgehead atoms. The molecule has 1 aliphatic carbocycles. The Morgan fingerprint density at radius 3 is 3.04 bits per heavy atom. The van der Waals surface area contributed by atoms with E-state index in [1.807, 2.05) is 17.5 Å². The first kappa shape index (κ1) is 15.9. The van der Waals surface area contributed by atoms with Crippen LogP contribution in [0.3, 0.4) is 0 Å². The normalized spacial score (nSPS) is 20.9. The largest absolute Gasteiger partial charge is 0.396 e. The summed E-state index contributed by atoms with van der Waals surface area (Å²) in [5, 5.41) is 17.6. The molecule has 0 aliphatic heterocycles. The van der Waals surface area contributed by atoms with Crippen molar-refractivity contribution in [2.75, 3.05) is 11.9 Å². The van der Waals surface area contributed by atoms with E-state index in [1.54, 1.807) is 12.4 Å². The maximum absolute atomic E-state index is 12.1. The summed E-state index contributed by atoms with van der Waals surface area (Å²) in [5.41, 5.74) is 1.72. The molecule has 2 aromatic rings. The molecule has 0 spiro atoms. The van der Waals surface area contributed by atoms with Gasteiger partial charge in [0.05, 0.1) is 5.69 Å². The average Bonchev–Trinajstić information content (AvgIpc) is 3.04. The lowest BCUT2D eigenvalue weighted by Crippen LogP contribution is -2.45. The number of carbonyl (C=O) groups excluding carboxylic acids is 1. The molecule has 0 saturated heterocycles. The van der Waals surface area contributed by atoms with E-state index in [0.717, 1.165) is 36.9 Å². The van der Waals surface area contributed by atoms with Crippen molar-refractivity contribution in [2.45, 2.75) is 31.7 Å². The van der Waals surface area contributed by atoms with Crippen LogP contribution >= 0.6 is 11.3 Å². The van der Waals surface area contributed by atoms with Gasteiger partial charge in [-0.3, -0.25) is 10.3 Å². The Morgan fingerprint density at radius 1 is 1.39 bits per heavy atom. The van der Waals surface area contributed by atoms with Gasteiger partial charge in [0.2, 0.25) is 0 Å². The number of thiazole rings is 1. The molecule has 122 valence electrons. The number of aromatic nitrogens is 2. The molecule has 7 heteroatoms. The van der Waals surface area contributed by atoms with Crippen LogP contribution in [0.2, 0.25) is 0 Å². The third-order valence-electron chi connectivity index (χ3n) is 4.14. The quantitative estimate of drug-likeness (QED) is 0.803. The molecule has 3 rings (SSSR count). The second-order valence-corrected chi connectivity index (χ2v) is 6.57. The molecule has 3 N–H and O–H groups in total. The van der Waals surface area contributed by atoms with Gasteiger partial charge >= 0.3 is 6.03 Å². The zero-order chi connectivity index (χ0) is 16.1. The number of amides is 2. The van der Waals surface area contributed by atoms with Gasteiger partial charge in [0.15, 0.2) is 5.13 Å². The fraction of sp³-hybridized carbons (Fsp3) is 0.438. The van der Waals surface area contributed by atoms with Gasteiger partial charge in [0, 0.05) is 41.9 Å². The van der Waals surface area contributed by atoms with Gasteiger partial charge in [-0.2, -0.15) is 0 Å². The predicted octanol–water partition coefficient (Wildman–Crippen LogP) is 2.88. The van der Waals surface area contributed by atoms with Crippen LogP contribution < -0.4 is 10.6 Å². The number of aliphatic hydroxyl groups is 1. The maximum Gasteiger partial charge on any atom is 0.321 e. The summed E-state index contributed by atoms with van der Waals surface area (Å²) in [7, 11) is 0. The van der Waals surface area contributed by atoms with Crippen LogP contribution in [0.15, 0.2) is 29.9 Å². The first-order valence-electron chi connectivity index (χ1n) is 7.80. The number of urea groups is 1. The minimum Gasteiger partial charge on any atom is -0.396 e. The molecule has 2 heterocycles. The number of pyridine rings is 1. The topological polar surface area (TPSA) is 87.1 Å². The van der Waals surface area contributed by atoms with E-state index in [2.05, 4.69) is 20.6 Å². The molecular formula is C16H20N4O2S. The highest BCUT2D eigenvalue weighted by Gasteiger charge is 2.26.